The predicted octanol–water partition coefficient (Wildman–Crippen LogP) is 1.84. The first-order valence-electron chi connectivity index (χ1n) is 6.21. The summed E-state index contributed by atoms with van der Waals surface area (Å²) in [6, 6.07) is 4.01. The number of fused-ring (bicyclic) bond motifs is 1. The van der Waals surface area contributed by atoms with Crippen molar-refractivity contribution < 1.29 is 4.79 Å². The molecular weight excluding hydrogens is 299 g/mol. The summed E-state index contributed by atoms with van der Waals surface area (Å²) >= 11 is 0. The molecule has 1 atom stereocenters. The van der Waals surface area contributed by atoms with E-state index < -0.39 is 0 Å². The lowest BCUT2D eigenvalue weighted by atomic mass is 10.1. The largest absolute Gasteiger partial charge is 0.345 e. The van der Waals surface area contributed by atoms with Gasteiger partial charge in [0.1, 0.15) is 5.65 Å². The lowest BCUT2D eigenvalue weighted by molar-refractivity contribution is 0.0658. The Morgan fingerprint density at radius 3 is 3.00 bits per heavy atom. The first-order valence-corrected chi connectivity index (χ1v) is 6.21. The second-order valence-corrected chi connectivity index (χ2v) is 4.65. The molecule has 2 aromatic heterocycles. The highest BCUT2D eigenvalue weighted by atomic mass is 35.5. The van der Waals surface area contributed by atoms with E-state index in [9.17, 15) is 4.79 Å². The van der Waals surface area contributed by atoms with Crippen LogP contribution in [0.4, 0.5) is 0 Å². The molecule has 0 bridgehead atoms. The number of carbonyl (C=O) groups is 1. The molecule has 7 heteroatoms. The van der Waals surface area contributed by atoms with Crippen LogP contribution >= 0.6 is 24.8 Å². The van der Waals surface area contributed by atoms with Crippen molar-refractivity contribution in [3.05, 3.63) is 30.1 Å². The van der Waals surface area contributed by atoms with Crippen molar-refractivity contribution in [2.45, 2.75) is 13.0 Å². The van der Waals surface area contributed by atoms with Crippen LogP contribution in [0.5, 0.6) is 0 Å². The number of nitrogens with zero attached hydrogens (tertiary/aromatic N) is 2. The molecule has 0 unspecified atom stereocenters. The normalized spacial score (nSPS) is 18.2. The Morgan fingerprint density at radius 1 is 1.45 bits per heavy atom. The van der Waals surface area contributed by atoms with Crippen LogP contribution < -0.4 is 5.32 Å². The van der Waals surface area contributed by atoms with Gasteiger partial charge in [0.2, 0.25) is 0 Å². The van der Waals surface area contributed by atoms with Crippen LogP contribution in [0.1, 0.15) is 17.3 Å². The van der Waals surface area contributed by atoms with Crippen LogP contribution in [0, 0.1) is 0 Å². The molecule has 0 spiro atoms. The molecule has 2 aromatic rings. The number of amides is 1. The molecule has 1 aliphatic rings. The smallest absolute Gasteiger partial charge is 0.256 e. The minimum Gasteiger partial charge on any atom is -0.345 e. The Balaban J connectivity index is 0.000001000. The van der Waals surface area contributed by atoms with E-state index in [0.29, 0.717) is 5.56 Å². The summed E-state index contributed by atoms with van der Waals surface area (Å²) in [6.45, 7) is 4.53. The molecule has 1 aliphatic heterocycles. The predicted molar refractivity (Wildman–Crippen MR) is 84.0 cm³/mol. The van der Waals surface area contributed by atoms with Crippen molar-refractivity contribution in [2.24, 2.45) is 0 Å². The maximum Gasteiger partial charge on any atom is 0.256 e. The molecule has 5 nitrogen and oxygen atoms in total. The fourth-order valence-corrected chi connectivity index (χ4v) is 2.43. The number of H-pyrrole nitrogens is 1. The monoisotopic (exact) mass is 316 g/mol. The van der Waals surface area contributed by atoms with E-state index in [4.69, 9.17) is 0 Å². The molecule has 3 heterocycles. The fraction of sp³-hybridized carbons (Fsp3) is 0.385. The Morgan fingerprint density at radius 2 is 2.25 bits per heavy atom. The quantitative estimate of drug-likeness (QED) is 0.844. The second-order valence-electron chi connectivity index (χ2n) is 4.65. The number of hydrogen-bond donors (Lipinski definition) is 2. The summed E-state index contributed by atoms with van der Waals surface area (Å²) in [4.78, 5) is 21.7. The second kappa shape index (κ2) is 6.92. The molecule has 0 aromatic carbocycles. The molecule has 1 amide bonds. The van der Waals surface area contributed by atoms with Gasteiger partial charge < -0.3 is 15.2 Å². The van der Waals surface area contributed by atoms with Gasteiger partial charge in [0.25, 0.3) is 5.91 Å². The van der Waals surface area contributed by atoms with Gasteiger partial charge in [-0.15, -0.1) is 24.8 Å². The molecule has 3 rings (SSSR count). The van der Waals surface area contributed by atoms with Gasteiger partial charge in [0, 0.05) is 43.5 Å². The van der Waals surface area contributed by atoms with Gasteiger partial charge >= 0.3 is 0 Å². The van der Waals surface area contributed by atoms with Crippen LogP contribution in [-0.2, 0) is 0 Å². The number of nitrogens with one attached hydrogen (secondary N) is 2. The van der Waals surface area contributed by atoms with Gasteiger partial charge in [0.05, 0.1) is 5.56 Å². The van der Waals surface area contributed by atoms with Crippen molar-refractivity contribution in [3.8, 4) is 0 Å². The number of carbonyl (C=O) groups excluding carboxylic acids is 1. The summed E-state index contributed by atoms with van der Waals surface area (Å²) in [6.07, 6.45) is 3.48. The van der Waals surface area contributed by atoms with Crippen molar-refractivity contribution in [1.82, 2.24) is 20.2 Å². The zero-order valence-electron chi connectivity index (χ0n) is 11.1. The number of pyridine rings is 1. The van der Waals surface area contributed by atoms with Crippen LogP contribution in [0.2, 0.25) is 0 Å². The molecule has 0 saturated carbocycles. The molecule has 110 valence electrons. The van der Waals surface area contributed by atoms with Gasteiger partial charge in [-0.05, 0) is 19.1 Å². The lowest BCUT2D eigenvalue weighted by Gasteiger charge is -2.33. The Labute approximate surface area is 130 Å². The van der Waals surface area contributed by atoms with E-state index in [2.05, 4.69) is 22.2 Å². The Kier molecular flexibility index (Phi) is 5.80. The number of hydrogen-bond acceptors (Lipinski definition) is 3. The molecule has 1 saturated heterocycles. The first-order chi connectivity index (χ1) is 8.77. The Bertz CT molecular complexity index is 587. The maximum atomic E-state index is 12.5. The van der Waals surface area contributed by atoms with Crippen LogP contribution in [0.15, 0.2) is 24.5 Å². The van der Waals surface area contributed by atoms with Crippen molar-refractivity contribution in [2.75, 3.05) is 19.6 Å². The topological polar surface area (TPSA) is 61.0 Å². The SMILES string of the molecule is C[C@H]1CNCCN1C(=O)c1c[nH]c2ncccc12.Cl.Cl. The molecule has 20 heavy (non-hydrogen) atoms. The number of halogens is 2. The Hall–Kier alpha value is -1.30. The van der Waals surface area contributed by atoms with E-state index in [1.807, 2.05) is 17.0 Å². The third-order valence-electron chi connectivity index (χ3n) is 3.44. The standard InChI is InChI=1S/C13H16N4O.2ClH/c1-9-7-14-5-6-17(9)13(18)11-8-16-12-10(11)3-2-4-15-12;;/h2-4,8-9,14H,5-7H2,1H3,(H,15,16);2*1H/t9-;;/m0../s1. The average Bonchev–Trinajstić information content (AvgIpc) is 2.82. The third-order valence-corrected chi connectivity index (χ3v) is 3.44. The molecule has 1 fully saturated rings. The molecule has 0 aliphatic carbocycles. The molecule has 2 N–H and O–H groups in total. The summed E-state index contributed by atoms with van der Waals surface area (Å²) < 4.78 is 0. The molecular formula is C13H18Cl2N4O. The van der Waals surface area contributed by atoms with Crippen molar-refractivity contribution in [3.63, 3.8) is 0 Å². The van der Waals surface area contributed by atoms with Crippen molar-refractivity contribution in [1.29, 1.82) is 0 Å². The highest BCUT2D eigenvalue weighted by molar-refractivity contribution is 6.06. The van der Waals surface area contributed by atoms with E-state index in [1.165, 1.54) is 0 Å². The van der Waals surface area contributed by atoms with Gasteiger partial charge in [-0.25, -0.2) is 4.98 Å². The van der Waals surface area contributed by atoms with Gasteiger partial charge in [-0.1, -0.05) is 0 Å². The maximum absolute atomic E-state index is 12.5. The number of aromatic amines is 1. The highest BCUT2D eigenvalue weighted by Gasteiger charge is 2.25. The zero-order chi connectivity index (χ0) is 12.5. The van der Waals surface area contributed by atoms with Gasteiger partial charge in [-0.3, -0.25) is 4.79 Å². The van der Waals surface area contributed by atoms with Gasteiger partial charge in [0.15, 0.2) is 0 Å². The van der Waals surface area contributed by atoms with E-state index >= 15 is 0 Å². The zero-order valence-corrected chi connectivity index (χ0v) is 12.8. The number of piperazine rings is 1. The fourth-order valence-electron chi connectivity index (χ4n) is 2.43. The van der Waals surface area contributed by atoms with E-state index in [-0.39, 0.29) is 36.8 Å². The summed E-state index contributed by atoms with van der Waals surface area (Å²) in [5.74, 6) is 0.0863. The minimum absolute atomic E-state index is 0. The van der Waals surface area contributed by atoms with Crippen LogP contribution in [-0.4, -0.2) is 46.5 Å². The third kappa shape index (κ3) is 2.90. The molecule has 0 radical (unpaired) electrons. The van der Waals surface area contributed by atoms with Crippen LogP contribution in [0.25, 0.3) is 11.0 Å². The van der Waals surface area contributed by atoms with E-state index in [0.717, 1.165) is 30.7 Å². The summed E-state index contributed by atoms with van der Waals surface area (Å²) in [7, 11) is 0. The van der Waals surface area contributed by atoms with E-state index in [1.54, 1.807) is 12.4 Å². The summed E-state index contributed by atoms with van der Waals surface area (Å²) in [5.41, 5.74) is 1.48. The first kappa shape index (κ1) is 16.8. The highest BCUT2D eigenvalue weighted by Crippen LogP contribution is 2.19. The number of aromatic nitrogens is 2. The van der Waals surface area contributed by atoms with Crippen molar-refractivity contribution >= 4 is 41.8 Å². The summed E-state index contributed by atoms with van der Waals surface area (Å²) in [5, 5.41) is 4.18. The van der Waals surface area contributed by atoms with Gasteiger partial charge in [-0.2, -0.15) is 0 Å². The lowest BCUT2D eigenvalue weighted by Crippen LogP contribution is -2.52. The average molecular weight is 317 g/mol. The van der Waals surface area contributed by atoms with Crippen LogP contribution in [0.3, 0.4) is 0 Å². The minimum atomic E-state index is 0. The number of rotatable bonds is 1.